The number of benzene rings is 1. The first kappa shape index (κ1) is 25.0. The van der Waals surface area contributed by atoms with Gasteiger partial charge >= 0.3 is 0 Å². The zero-order chi connectivity index (χ0) is 24.4. The molecule has 2 aliphatic rings. The van der Waals surface area contributed by atoms with Crippen LogP contribution >= 0.6 is 0 Å². The number of fused-ring (bicyclic) bond motifs is 1. The summed E-state index contributed by atoms with van der Waals surface area (Å²) in [6, 6.07) is 5.60. The van der Waals surface area contributed by atoms with Crippen LogP contribution in [0.2, 0.25) is 0 Å². The van der Waals surface area contributed by atoms with E-state index in [0.29, 0.717) is 24.5 Å². The van der Waals surface area contributed by atoms with Crippen molar-refractivity contribution in [2.45, 2.75) is 73.5 Å². The molecule has 1 saturated heterocycles. The van der Waals surface area contributed by atoms with Crippen molar-refractivity contribution in [2.75, 3.05) is 13.2 Å². The maximum absolute atomic E-state index is 13.8. The van der Waals surface area contributed by atoms with E-state index in [1.165, 1.54) is 0 Å². The maximum Gasteiger partial charge on any atom is 0.272 e. The average molecular weight is 455 g/mol. The lowest BCUT2D eigenvalue weighted by atomic mass is 9.78. The monoisotopic (exact) mass is 454 g/mol. The zero-order valence-electron chi connectivity index (χ0n) is 21.0. The fraction of sp³-hybridized carbons (Fsp3) is 0.556. The van der Waals surface area contributed by atoms with E-state index in [2.05, 4.69) is 33.1 Å². The first-order chi connectivity index (χ1) is 15.5. The number of hydrogen-bond donors (Lipinski definition) is 1. The molecule has 0 bridgehead atoms. The van der Waals surface area contributed by atoms with Crippen molar-refractivity contribution in [1.29, 1.82) is 0 Å². The van der Waals surface area contributed by atoms with E-state index in [9.17, 15) is 9.59 Å². The van der Waals surface area contributed by atoms with Crippen LogP contribution in [0.25, 0.3) is 0 Å². The number of carbonyl (C=O) groups is 2. The molecule has 1 aromatic carbocycles. The van der Waals surface area contributed by atoms with Gasteiger partial charge in [-0.15, -0.1) is 0 Å². The van der Waals surface area contributed by atoms with Gasteiger partial charge in [0.05, 0.1) is 18.1 Å². The fourth-order valence-electron chi connectivity index (χ4n) is 4.67. The third-order valence-corrected chi connectivity index (χ3v) is 6.41. The van der Waals surface area contributed by atoms with Crippen molar-refractivity contribution in [2.24, 2.45) is 10.8 Å². The molecule has 6 nitrogen and oxygen atoms in total. The first-order valence-electron chi connectivity index (χ1n) is 11.8. The van der Waals surface area contributed by atoms with Crippen LogP contribution in [0.4, 0.5) is 0 Å². The number of rotatable bonds is 5. The van der Waals surface area contributed by atoms with E-state index in [1.54, 1.807) is 5.01 Å². The predicted octanol–water partition coefficient (Wildman–Crippen LogP) is 4.87. The Kier molecular flexibility index (Phi) is 7.37. The lowest BCUT2D eigenvalue weighted by Crippen LogP contribution is -2.60. The van der Waals surface area contributed by atoms with Gasteiger partial charge in [0.25, 0.3) is 11.8 Å². The van der Waals surface area contributed by atoms with Crippen molar-refractivity contribution < 1.29 is 19.1 Å². The Morgan fingerprint density at radius 3 is 2.45 bits per heavy atom. The van der Waals surface area contributed by atoms with E-state index in [1.807, 2.05) is 57.2 Å². The minimum atomic E-state index is -1.000. The van der Waals surface area contributed by atoms with Crippen LogP contribution in [0.5, 0.6) is 0 Å². The van der Waals surface area contributed by atoms with Gasteiger partial charge in [0, 0.05) is 5.56 Å². The number of nitrogens with zero attached hydrogens (tertiary/aromatic N) is 1. The van der Waals surface area contributed by atoms with Crippen LogP contribution < -0.4 is 5.43 Å². The molecule has 0 aromatic heterocycles. The Balaban J connectivity index is 1.98. The van der Waals surface area contributed by atoms with Crippen molar-refractivity contribution >= 4 is 11.8 Å². The van der Waals surface area contributed by atoms with Crippen molar-refractivity contribution in [3.05, 3.63) is 58.9 Å². The molecule has 3 rings (SSSR count). The number of hydrogen-bond acceptors (Lipinski definition) is 4. The summed E-state index contributed by atoms with van der Waals surface area (Å²) in [5, 5.41) is 1.56. The van der Waals surface area contributed by atoms with Crippen molar-refractivity contribution in [3.8, 4) is 0 Å². The summed E-state index contributed by atoms with van der Waals surface area (Å²) in [6.07, 6.45) is 6.62. The average Bonchev–Trinajstić information content (AvgIpc) is 2.74. The second-order valence-corrected chi connectivity index (χ2v) is 10.5. The largest absolute Gasteiger partial charge is 0.493 e. The Morgan fingerprint density at radius 2 is 1.85 bits per heavy atom. The highest BCUT2D eigenvalue weighted by molar-refractivity contribution is 5.97. The molecular weight excluding hydrogens is 416 g/mol. The number of allylic oxidation sites excluding steroid dienone is 2. The molecule has 0 radical (unpaired) electrons. The summed E-state index contributed by atoms with van der Waals surface area (Å²) in [6.45, 7) is 15.1. The molecule has 0 saturated carbocycles. The molecule has 3 unspecified atom stereocenters. The summed E-state index contributed by atoms with van der Waals surface area (Å²) in [4.78, 5) is 27.6. The summed E-state index contributed by atoms with van der Waals surface area (Å²) in [5.41, 5.74) is 4.37. The van der Waals surface area contributed by atoms with Gasteiger partial charge in [-0.1, -0.05) is 63.5 Å². The number of amides is 2. The number of nitrogens with one attached hydrogen (secondary N) is 1. The predicted molar refractivity (Wildman–Crippen MR) is 129 cm³/mol. The second kappa shape index (κ2) is 9.72. The van der Waals surface area contributed by atoms with E-state index in [0.717, 1.165) is 24.0 Å². The van der Waals surface area contributed by atoms with Crippen LogP contribution in [0.3, 0.4) is 0 Å². The van der Waals surface area contributed by atoms with Gasteiger partial charge in [-0.25, -0.2) is 5.01 Å². The minimum absolute atomic E-state index is 0.186. The Hall–Kier alpha value is -2.60. The fourth-order valence-corrected chi connectivity index (χ4v) is 4.67. The van der Waals surface area contributed by atoms with Crippen LogP contribution in [-0.4, -0.2) is 42.2 Å². The van der Waals surface area contributed by atoms with Crippen LogP contribution in [-0.2, 0) is 14.3 Å². The molecule has 6 heteroatoms. The van der Waals surface area contributed by atoms with Gasteiger partial charge in [0.15, 0.2) is 0 Å². The number of hydrazine groups is 1. The Morgan fingerprint density at radius 1 is 1.18 bits per heavy atom. The topological polar surface area (TPSA) is 67.9 Å². The van der Waals surface area contributed by atoms with Gasteiger partial charge in [-0.2, -0.15) is 0 Å². The smallest absolute Gasteiger partial charge is 0.272 e. The highest BCUT2D eigenvalue weighted by Crippen LogP contribution is 2.37. The van der Waals surface area contributed by atoms with E-state index < -0.39 is 11.5 Å². The van der Waals surface area contributed by atoms with Gasteiger partial charge in [0.2, 0.25) is 0 Å². The quantitative estimate of drug-likeness (QED) is 0.645. The third kappa shape index (κ3) is 5.32. The molecule has 1 fully saturated rings. The van der Waals surface area contributed by atoms with Crippen molar-refractivity contribution in [3.63, 3.8) is 0 Å². The Bertz CT molecular complexity index is 939. The van der Waals surface area contributed by atoms with Crippen LogP contribution in [0.1, 0.15) is 68.9 Å². The van der Waals surface area contributed by atoms with Crippen LogP contribution in [0.15, 0.2) is 42.2 Å². The molecular formula is C27H38N2O4. The molecule has 33 heavy (non-hydrogen) atoms. The summed E-state index contributed by atoms with van der Waals surface area (Å²) >= 11 is 0. The molecule has 0 spiro atoms. The summed E-state index contributed by atoms with van der Waals surface area (Å²) in [7, 11) is 0. The van der Waals surface area contributed by atoms with E-state index >= 15 is 0 Å². The second-order valence-electron chi connectivity index (χ2n) is 10.5. The SMILES string of the molecule is CCCC(N(NC(=O)C1(C)C=CC=C2OCCOC21)C(=O)c1cc(C)cc(C)c1)C(C)(C)C. The first-order valence-corrected chi connectivity index (χ1v) is 11.8. The highest BCUT2D eigenvalue weighted by Gasteiger charge is 2.47. The molecule has 180 valence electrons. The standard InChI is InChI=1S/C27H38N2O4/c1-8-10-22(26(4,5)6)29(24(30)20-16-18(2)15-19(3)17-20)28-25(31)27(7)12-9-11-21-23(27)33-14-13-32-21/h9,11-12,15-17,22-23H,8,10,13-14H2,1-7H3,(H,28,31). The molecule has 3 atom stereocenters. The van der Waals surface area contributed by atoms with Crippen LogP contribution in [0, 0.1) is 24.7 Å². The molecule has 2 amide bonds. The molecule has 1 aromatic rings. The third-order valence-electron chi connectivity index (χ3n) is 6.41. The number of ether oxygens (including phenoxy) is 2. The zero-order valence-corrected chi connectivity index (χ0v) is 21.0. The van der Waals surface area contributed by atoms with Gasteiger partial charge in [-0.05, 0) is 50.8 Å². The van der Waals surface area contributed by atoms with Gasteiger partial charge in [0.1, 0.15) is 18.5 Å². The highest BCUT2D eigenvalue weighted by atomic mass is 16.6. The maximum atomic E-state index is 13.8. The van der Waals surface area contributed by atoms with E-state index in [4.69, 9.17) is 9.47 Å². The van der Waals surface area contributed by atoms with E-state index in [-0.39, 0.29) is 23.3 Å². The summed E-state index contributed by atoms with van der Waals surface area (Å²) < 4.78 is 11.7. The Labute approximate surface area is 198 Å². The number of carbonyl (C=O) groups excluding carboxylic acids is 2. The molecule has 1 aliphatic heterocycles. The molecule has 1 N–H and O–H groups in total. The van der Waals surface area contributed by atoms with Gasteiger partial charge < -0.3 is 9.47 Å². The number of aryl methyl sites for hydroxylation is 2. The normalized spacial score (nSPS) is 23.1. The van der Waals surface area contributed by atoms with Crippen molar-refractivity contribution in [1.82, 2.24) is 10.4 Å². The lowest BCUT2D eigenvalue weighted by Gasteiger charge is -2.44. The minimum Gasteiger partial charge on any atom is -0.493 e. The lowest BCUT2D eigenvalue weighted by molar-refractivity contribution is -0.147. The molecule has 1 aliphatic carbocycles. The van der Waals surface area contributed by atoms with Gasteiger partial charge in [-0.3, -0.25) is 15.0 Å². The molecule has 1 heterocycles. The summed E-state index contributed by atoms with van der Waals surface area (Å²) in [5.74, 6) is 0.154.